The van der Waals surface area contributed by atoms with Gasteiger partial charge in [-0.3, -0.25) is 5.73 Å². The molecule has 0 saturated heterocycles. The fraction of sp³-hybridized carbons (Fsp3) is 0.636. The van der Waals surface area contributed by atoms with Crippen LogP contribution >= 0.6 is 0 Å². The highest BCUT2D eigenvalue weighted by atomic mass is 16.5. The molecule has 0 aliphatic carbocycles. The van der Waals surface area contributed by atoms with Gasteiger partial charge in [-0.15, -0.1) is 0 Å². The molecule has 1 aliphatic rings. The van der Waals surface area contributed by atoms with E-state index in [1.807, 2.05) is 0 Å². The van der Waals surface area contributed by atoms with E-state index in [4.69, 9.17) is 10.5 Å². The molecule has 1 heterocycles. The second-order valence-electron chi connectivity index (χ2n) is 4.00. The third kappa shape index (κ3) is 4.07. The van der Waals surface area contributed by atoms with Gasteiger partial charge in [0.1, 0.15) is 0 Å². The van der Waals surface area contributed by atoms with E-state index in [-0.39, 0.29) is 0 Å². The zero-order valence-corrected chi connectivity index (χ0v) is 9.99. The smallest absolute Gasteiger partial charge is 0.351 e. The molecule has 1 rings (SSSR count). The lowest BCUT2D eigenvalue weighted by Gasteiger charge is -2.27. The van der Waals surface area contributed by atoms with Crippen LogP contribution in [0.2, 0.25) is 0 Å². The molecular weight excluding hydrogens is 222 g/mol. The van der Waals surface area contributed by atoms with Crippen LogP contribution in [-0.2, 0) is 9.53 Å². The molecule has 2 amide bonds. The normalized spacial score (nSPS) is 22.8. The van der Waals surface area contributed by atoms with Gasteiger partial charge in [-0.05, 0) is 12.5 Å². The summed E-state index contributed by atoms with van der Waals surface area (Å²) in [6.07, 6.45) is 6.77. The summed E-state index contributed by atoms with van der Waals surface area (Å²) >= 11 is 0. The van der Waals surface area contributed by atoms with E-state index < -0.39 is 17.7 Å². The summed E-state index contributed by atoms with van der Waals surface area (Å²) in [6.45, 7) is 2.44. The maximum Gasteiger partial charge on any atom is 0.351 e. The molecule has 0 spiro atoms. The van der Waals surface area contributed by atoms with E-state index in [2.05, 4.69) is 17.6 Å². The topological polar surface area (TPSA) is 93.4 Å². The Morgan fingerprint density at radius 1 is 1.47 bits per heavy atom. The maximum absolute atomic E-state index is 11.7. The van der Waals surface area contributed by atoms with Crippen LogP contribution in [0, 0.1) is 0 Å². The average Bonchev–Trinajstić information content (AvgIpc) is 2.28. The minimum atomic E-state index is -1.55. The van der Waals surface area contributed by atoms with Gasteiger partial charge in [-0.2, -0.15) is 0 Å². The highest BCUT2D eigenvalue weighted by Gasteiger charge is 2.36. The van der Waals surface area contributed by atoms with Crippen LogP contribution in [0.4, 0.5) is 4.79 Å². The number of nitrogens with two attached hydrogens (primary N) is 1. The Hall–Kier alpha value is -1.56. The predicted octanol–water partition coefficient (Wildman–Crippen LogP) is 0.591. The van der Waals surface area contributed by atoms with E-state index >= 15 is 0 Å². The number of nitrogens with one attached hydrogen (secondary N) is 2. The first-order chi connectivity index (χ1) is 8.08. The van der Waals surface area contributed by atoms with Gasteiger partial charge in [0.15, 0.2) is 0 Å². The molecule has 0 aromatic carbocycles. The fourth-order valence-corrected chi connectivity index (χ4v) is 1.45. The number of carbonyl (C=O) groups is 2. The van der Waals surface area contributed by atoms with Gasteiger partial charge in [0.25, 0.3) is 0 Å². The Kier molecular flexibility index (Phi) is 4.96. The fourth-order valence-electron chi connectivity index (χ4n) is 1.45. The minimum absolute atomic E-state index is 0.328. The number of rotatable bonds is 6. The summed E-state index contributed by atoms with van der Waals surface area (Å²) in [6, 6.07) is -0.516. The summed E-state index contributed by atoms with van der Waals surface area (Å²) in [5, 5.41) is 4.67. The van der Waals surface area contributed by atoms with Gasteiger partial charge in [0.2, 0.25) is 5.66 Å². The first-order valence-corrected chi connectivity index (χ1v) is 5.81. The summed E-state index contributed by atoms with van der Waals surface area (Å²) in [5.41, 5.74) is 4.15. The molecule has 17 heavy (non-hydrogen) atoms. The zero-order valence-electron chi connectivity index (χ0n) is 9.99. The molecule has 1 unspecified atom stereocenters. The van der Waals surface area contributed by atoms with Crippen LogP contribution < -0.4 is 16.4 Å². The maximum atomic E-state index is 11.7. The SMILES string of the molecule is CCCCCCOC(=O)C1(N)C=CNC(=O)N1. The molecule has 0 saturated carbocycles. The summed E-state index contributed by atoms with van der Waals surface area (Å²) in [5.74, 6) is -0.639. The number of urea groups is 1. The average molecular weight is 241 g/mol. The molecule has 6 nitrogen and oxygen atoms in total. The number of hydrogen-bond donors (Lipinski definition) is 3. The van der Waals surface area contributed by atoms with Crippen molar-refractivity contribution in [1.82, 2.24) is 10.6 Å². The highest BCUT2D eigenvalue weighted by molar-refractivity contribution is 5.90. The largest absolute Gasteiger partial charge is 0.463 e. The molecule has 0 radical (unpaired) electrons. The Bertz CT molecular complexity index is 317. The van der Waals surface area contributed by atoms with Crippen molar-refractivity contribution < 1.29 is 14.3 Å². The van der Waals surface area contributed by atoms with Crippen molar-refractivity contribution in [2.75, 3.05) is 6.61 Å². The van der Waals surface area contributed by atoms with Crippen LogP contribution in [0.1, 0.15) is 32.6 Å². The van der Waals surface area contributed by atoms with Gasteiger partial charge >= 0.3 is 12.0 Å². The second-order valence-corrected chi connectivity index (χ2v) is 4.00. The molecule has 6 heteroatoms. The summed E-state index contributed by atoms with van der Waals surface area (Å²) in [4.78, 5) is 22.7. The Morgan fingerprint density at radius 3 is 2.88 bits per heavy atom. The number of ether oxygens (including phenoxy) is 1. The molecular formula is C11H19N3O3. The van der Waals surface area contributed by atoms with Crippen LogP contribution in [0.15, 0.2) is 12.3 Å². The lowest BCUT2D eigenvalue weighted by Crippen LogP contribution is -2.64. The standard InChI is InChI=1S/C11H19N3O3/c1-2-3-4-5-8-17-9(15)11(12)6-7-13-10(16)14-11/h6-7H,2-5,8,12H2,1H3,(H2,13,14,16). The Balaban J connectivity index is 2.34. The summed E-state index contributed by atoms with van der Waals surface area (Å²) in [7, 11) is 0. The van der Waals surface area contributed by atoms with Crippen molar-refractivity contribution in [3.8, 4) is 0 Å². The number of amides is 2. The van der Waals surface area contributed by atoms with E-state index in [0.717, 1.165) is 25.7 Å². The first kappa shape index (κ1) is 13.5. The third-order valence-electron chi connectivity index (χ3n) is 2.45. The van der Waals surface area contributed by atoms with Gasteiger partial charge in [0.05, 0.1) is 6.61 Å². The molecule has 1 atom stereocenters. The lowest BCUT2D eigenvalue weighted by atomic mass is 10.1. The van der Waals surface area contributed by atoms with E-state index in [1.54, 1.807) is 0 Å². The minimum Gasteiger partial charge on any atom is -0.463 e. The first-order valence-electron chi connectivity index (χ1n) is 5.81. The van der Waals surface area contributed by atoms with Crippen molar-refractivity contribution in [2.24, 2.45) is 5.73 Å². The van der Waals surface area contributed by atoms with Crippen LogP contribution in [0.3, 0.4) is 0 Å². The molecule has 96 valence electrons. The van der Waals surface area contributed by atoms with Crippen LogP contribution in [-0.4, -0.2) is 24.3 Å². The molecule has 4 N–H and O–H groups in total. The number of hydrogen-bond acceptors (Lipinski definition) is 4. The van der Waals surface area contributed by atoms with Gasteiger partial charge < -0.3 is 15.4 Å². The number of esters is 1. The van der Waals surface area contributed by atoms with E-state index in [0.29, 0.717) is 6.61 Å². The van der Waals surface area contributed by atoms with Crippen molar-refractivity contribution in [2.45, 2.75) is 38.3 Å². The predicted molar refractivity (Wildman–Crippen MR) is 62.8 cm³/mol. The molecule has 0 bridgehead atoms. The van der Waals surface area contributed by atoms with Crippen molar-refractivity contribution >= 4 is 12.0 Å². The highest BCUT2D eigenvalue weighted by Crippen LogP contribution is 2.06. The number of carbonyl (C=O) groups excluding carboxylic acids is 2. The van der Waals surface area contributed by atoms with Crippen LogP contribution in [0.25, 0.3) is 0 Å². The number of unbranched alkanes of at least 4 members (excludes halogenated alkanes) is 3. The lowest BCUT2D eigenvalue weighted by molar-refractivity contribution is -0.149. The quantitative estimate of drug-likeness (QED) is 0.468. The third-order valence-corrected chi connectivity index (χ3v) is 2.45. The van der Waals surface area contributed by atoms with E-state index in [1.165, 1.54) is 12.3 Å². The zero-order chi connectivity index (χ0) is 12.7. The monoisotopic (exact) mass is 241 g/mol. The second kappa shape index (κ2) is 6.24. The van der Waals surface area contributed by atoms with Crippen molar-refractivity contribution in [1.29, 1.82) is 0 Å². The van der Waals surface area contributed by atoms with Gasteiger partial charge in [-0.25, -0.2) is 9.59 Å². The van der Waals surface area contributed by atoms with Crippen molar-refractivity contribution in [3.05, 3.63) is 12.3 Å². The molecule has 1 aliphatic heterocycles. The van der Waals surface area contributed by atoms with Gasteiger partial charge in [-0.1, -0.05) is 26.2 Å². The Labute approximate surface area is 101 Å². The molecule has 0 aromatic rings. The van der Waals surface area contributed by atoms with Crippen LogP contribution in [0.5, 0.6) is 0 Å². The Morgan fingerprint density at radius 2 is 2.24 bits per heavy atom. The summed E-state index contributed by atoms with van der Waals surface area (Å²) < 4.78 is 5.02. The van der Waals surface area contributed by atoms with Gasteiger partial charge in [0, 0.05) is 6.20 Å². The van der Waals surface area contributed by atoms with E-state index in [9.17, 15) is 9.59 Å². The van der Waals surface area contributed by atoms with Crippen molar-refractivity contribution in [3.63, 3.8) is 0 Å². The molecule has 0 fully saturated rings. The molecule has 0 aromatic heterocycles.